The summed E-state index contributed by atoms with van der Waals surface area (Å²) in [4.78, 5) is 46.6. The molecule has 8 nitrogen and oxygen atoms in total. The van der Waals surface area contributed by atoms with Crippen LogP contribution in [0, 0.1) is 10.8 Å². The molecule has 2 amide bonds. The number of hydrogen-bond acceptors (Lipinski definition) is 7. The van der Waals surface area contributed by atoms with Gasteiger partial charge in [0.2, 0.25) is 16.9 Å². The van der Waals surface area contributed by atoms with E-state index in [4.69, 9.17) is 4.74 Å². The molecule has 0 aromatic heterocycles. The summed E-state index contributed by atoms with van der Waals surface area (Å²) < 4.78 is 5.19. The minimum absolute atomic E-state index is 0.0397. The van der Waals surface area contributed by atoms with Gasteiger partial charge in [0.25, 0.3) is 0 Å². The van der Waals surface area contributed by atoms with E-state index in [1.807, 2.05) is 0 Å². The Hall–Kier alpha value is -1.87. The second kappa shape index (κ2) is 11.9. The maximum atomic E-state index is 12.1. The number of ether oxygens (including phenoxy) is 1. The number of aliphatic hydroxyl groups is 1. The molecular weight excluding hydrogens is 384 g/mol. The average molecular weight is 417 g/mol. The summed E-state index contributed by atoms with van der Waals surface area (Å²) in [5.74, 6) is -0.905. The molecule has 0 bridgehead atoms. The Balaban J connectivity index is 4.22. The molecule has 0 saturated heterocycles. The molecule has 0 aliphatic carbocycles. The molecule has 0 unspecified atom stereocenters. The van der Waals surface area contributed by atoms with Gasteiger partial charge >= 0.3 is 5.97 Å². The number of thioether (sulfide) groups is 1. The van der Waals surface area contributed by atoms with Gasteiger partial charge in [-0.1, -0.05) is 32.2 Å². The lowest BCUT2D eigenvalue weighted by atomic mass is 9.86. The van der Waals surface area contributed by atoms with Crippen LogP contribution in [0.3, 0.4) is 0 Å². The fraction of sp³-hybridized carbons (Fsp3) is 0.684. The molecule has 28 heavy (non-hydrogen) atoms. The van der Waals surface area contributed by atoms with Crippen LogP contribution < -0.4 is 10.6 Å². The lowest BCUT2D eigenvalue weighted by molar-refractivity contribution is -0.161. The van der Waals surface area contributed by atoms with Gasteiger partial charge in [0.05, 0.1) is 12.0 Å². The molecule has 0 saturated carbocycles. The summed E-state index contributed by atoms with van der Waals surface area (Å²) >= 11 is 1.05. The molecule has 0 aliphatic rings. The first-order valence-corrected chi connectivity index (χ1v) is 9.98. The van der Waals surface area contributed by atoms with Gasteiger partial charge in [0.1, 0.15) is 6.10 Å². The van der Waals surface area contributed by atoms with E-state index in [-0.39, 0.29) is 30.6 Å². The van der Waals surface area contributed by atoms with Crippen LogP contribution in [0.4, 0.5) is 0 Å². The van der Waals surface area contributed by atoms with Gasteiger partial charge in [-0.05, 0) is 26.8 Å². The third kappa shape index (κ3) is 10.5. The van der Waals surface area contributed by atoms with Crippen LogP contribution in [-0.2, 0) is 23.9 Å². The van der Waals surface area contributed by atoms with Crippen LogP contribution in [0.1, 0.15) is 41.0 Å². The van der Waals surface area contributed by atoms with Gasteiger partial charge in [-0.3, -0.25) is 19.2 Å². The van der Waals surface area contributed by atoms with Gasteiger partial charge in [0, 0.05) is 30.7 Å². The summed E-state index contributed by atoms with van der Waals surface area (Å²) in [6.45, 7) is 12.0. The van der Waals surface area contributed by atoms with E-state index in [1.165, 1.54) is 6.08 Å². The van der Waals surface area contributed by atoms with E-state index in [0.717, 1.165) is 11.8 Å². The number of nitrogens with one attached hydrogen (secondary N) is 2. The second-order valence-electron chi connectivity index (χ2n) is 7.98. The van der Waals surface area contributed by atoms with Crippen molar-refractivity contribution in [3.05, 3.63) is 12.7 Å². The summed E-state index contributed by atoms with van der Waals surface area (Å²) in [5.41, 5.74) is -1.66. The number of hydrogen-bond donors (Lipinski definition) is 3. The van der Waals surface area contributed by atoms with E-state index in [9.17, 15) is 24.3 Å². The van der Waals surface area contributed by atoms with E-state index < -0.39 is 28.8 Å². The zero-order chi connectivity index (χ0) is 22.0. The standard InChI is InChI=1S/C19H32N2O6S/c1-7-14(23)28-11-10-20-13(22)8-9-21-16(25)15(24)19(5,6)12-27-17(26)18(2,3)4/h7,15,24H,1,8-12H2,2-6H3,(H,20,22)(H,21,25)/t15-/m0/s1. The van der Waals surface area contributed by atoms with Crippen molar-refractivity contribution in [1.29, 1.82) is 0 Å². The Kier molecular flexibility index (Phi) is 11.1. The monoisotopic (exact) mass is 416 g/mol. The first-order valence-electron chi connectivity index (χ1n) is 9.00. The van der Waals surface area contributed by atoms with E-state index in [1.54, 1.807) is 34.6 Å². The molecule has 0 fully saturated rings. The summed E-state index contributed by atoms with van der Waals surface area (Å²) in [5, 5.41) is 15.2. The Morgan fingerprint density at radius 3 is 2.25 bits per heavy atom. The molecule has 0 aliphatic heterocycles. The molecule has 0 spiro atoms. The number of esters is 1. The zero-order valence-electron chi connectivity index (χ0n) is 17.3. The van der Waals surface area contributed by atoms with Crippen LogP contribution in [0.2, 0.25) is 0 Å². The largest absolute Gasteiger partial charge is 0.465 e. The molecule has 160 valence electrons. The van der Waals surface area contributed by atoms with E-state index in [2.05, 4.69) is 17.2 Å². The summed E-state index contributed by atoms with van der Waals surface area (Å²) in [6, 6.07) is 0. The molecule has 0 aromatic rings. The Morgan fingerprint density at radius 1 is 1.11 bits per heavy atom. The fourth-order valence-electron chi connectivity index (χ4n) is 1.79. The van der Waals surface area contributed by atoms with Crippen molar-refractivity contribution in [3.63, 3.8) is 0 Å². The highest BCUT2D eigenvalue weighted by Gasteiger charge is 2.36. The van der Waals surface area contributed by atoms with Crippen LogP contribution >= 0.6 is 11.8 Å². The molecular formula is C19H32N2O6S. The molecule has 0 heterocycles. The SMILES string of the molecule is C=CC(=O)SCCNC(=O)CCNC(=O)[C@H](O)C(C)(C)COC(=O)C(C)(C)C. The first-order chi connectivity index (χ1) is 12.8. The minimum Gasteiger partial charge on any atom is -0.465 e. The topological polar surface area (TPSA) is 122 Å². The highest BCUT2D eigenvalue weighted by molar-refractivity contribution is 8.14. The number of amides is 2. The molecule has 9 heteroatoms. The maximum Gasteiger partial charge on any atom is 0.311 e. The highest BCUT2D eigenvalue weighted by Crippen LogP contribution is 2.24. The smallest absolute Gasteiger partial charge is 0.311 e. The fourth-order valence-corrected chi connectivity index (χ4v) is 2.31. The zero-order valence-corrected chi connectivity index (χ0v) is 18.1. The second-order valence-corrected chi connectivity index (χ2v) is 9.08. The molecule has 0 rings (SSSR count). The van der Waals surface area contributed by atoms with Gasteiger partial charge < -0.3 is 20.5 Å². The van der Waals surface area contributed by atoms with Crippen LogP contribution in [0.5, 0.6) is 0 Å². The summed E-state index contributed by atoms with van der Waals surface area (Å²) in [6.07, 6.45) is -0.152. The van der Waals surface area contributed by atoms with Crippen molar-refractivity contribution in [2.24, 2.45) is 10.8 Å². The third-order valence-electron chi connectivity index (χ3n) is 3.66. The van der Waals surface area contributed by atoms with Crippen molar-refractivity contribution < 1.29 is 29.0 Å². The lowest BCUT2D eigenvalue weighted by Gasteiger charge is -2.30. The number of rotatable bonds is 11. The maximum absolute atomic E-state index is 12.1. The highest BCUT2D eigenvalue weighted by atomic mass is 32.2. The number of carbonyl (C=O) groups excluding carboxylic acids is 4. The lowest BCUT2D eigenvalue weighted by Crippen LogP contribution is -2.47. The summed E-state index contributed by atoms with van der Waals surface area (Å²) in [7, 11) is 0. The minimum atomic E-state index is -1.40. The Morgan fingerprint density at radius 2 is 1.71 bits per heavy atom. The third-order valence-corrected chi connectivity index (χ3v) is 4.52. The number of aliphatic hydroxyl groups excluding tert-OH is 1. The molecule has 1 atom stereocenters. The Labute approximate surface area is 170 Å². The quantitative estimate of drug-likeness (QED) is 0.261. The normalized spacial score (nSPS) is 12.6. The van der Waals surface area contributed by atoms with Gasteiger partial charge in [-0.2, -0.15) is 0 Å². The van der Waals surface area contributed by atoms with E-state index in [0.29, 0.717) is 12.3 Å². The molecule has 0 aromatic carbocycles. The van der Waals surface area contributed by atoms with Gasteiger partial charge in [-0.15, -0.1) is 0 Å². The van der Waals surface area contributed by atoms with Gasteiger partial charge in [0.15, 0.2) is 0 Å². The average Bonchev–Trinajstić information content (AvgIpc) is 2.61. The van der Waals surface area contributed by atoms with E-state index >= 15 is 0 Å². The van der Waals surface area contributed by atoms with Crippen molar-refractivity contribution in [1.82, 2.24) is 10.6 Å². The van der Waals surface area contributed by atoms with Crippen molar-refractivity contribution in [3.8, 4) is 0 Å². The molecule has 3 N–H and O–H groups in total. The predicted octanol–water partition coefficient (Wildman–Crippen LogP) is 1.03. The van der Waals surface area contributed by atoms with Crippen LogP contribution in [0.15, 0.2) is 12.7 Å². The number of carbonyl (C=O) groups is 4. The molecule has 0 radical (unpaired) electrons. The van der Waals surface area contributed by atoms with Gasteiger partial charge in [-0.25, -0.2) is 0 Å². The van der Waals surface area contributed by atoms with Crippen molar-refractivity contribution in [2.45, 2.75) is 47.1 Å². The van der Waals surface area contributed by atoms with Crippen molar-refractivity contribution >= 4 is 34.7 Å². The van der Waals surface area contributed by atoms with Crippen LogP contribution in [0.25, 0.3) is 0 Å². The predicted molar refractivity (Wildman–Crippen MR) is 109 cm³/mol. The van der Waals surface area contributed by atoms with Crippen LogP contribution in [-0.4, -0.2) is 59.6 Å². The first kappa shape index (κ1) is 26.1. The van der Waals surface area contributed by atoms with Crippen molar-refractivity contribution in [2.75, 3.05) is 25.4 Å². The Bertz CT molecular complexity index is 583.